The first-order chi connectivity index (χ1) is 12.1. The maximum atomic E-state index is 12.2. The fraction of sp³-hybridized carbons (Fsp3) is 0.278. The summed E-state index contributed by atoms with van der Waals surface area (Å²) in [7, 11) is 0. The number of amides is 1. The molecule has 0 radical (unpaired) electrons. The number of carbonyl (C=O) groups is 1. The predicted octanol–water partition coefficient (Wildman–Crippen LogP) is 5.45. The van der Waals surface area contributed by atoms with E-state index in [4.69, 9.17) is 0 Å². The molecule has 0 saturated carbocycles. The second-order valence-electron chi connectivity index (χ2n) is 5.54. The summed E-state index contributed by atoms with van der Waals surface area (Å²) >= 11 is 4.82. The van der Waals surface area contributed by atoms with Gasteiger partial charge >= 0.3 is 0 Å². The van der Waals surface area contributed by atoms with Gasteiger partial charge in [0.05, 0.1) is 11.4 Å². The minimum Gasteiger partial charge on any atom is -0.274 e. The second-order valence-corrected chi connectivity index (χ2v) is 8.46. The minimum absolute atomic E-state index is 0.0339. The van der Waals surface area contributed by atoms with Crippen LogP contribution in [0.1, 0.15) is 30.8 Å². The molecule has 3 aromatic rings. The van der Waals surface area contributed by atoms with Gasteiger partial charge in [-0.3, -0.25) is 9.69 Å². The lowest BCUT2D eigenvalue weighted by Gasteiger charge is -2.18. The van der Waals surface area contributed by atoms with E-state index in [0.717, 1.165) is 33.6 Å². The first kappa shape index (κ1) is 18.1. The highest BCUT2D eigenvalue weighted by Gasteiger charge is 2.18. The summed E-state index contributed by atoms with van der Waals surface area (Å²) < 4.78 is 1.05. The van der Waals surface area contributed by atoms with E-state index in [1.165, 1.54) is 16.9 Å². The van der Waals surface area contributed by atoms with Crippen LogP contribution in [0.15, 0.2) is 39.4 Å². The summed E-state index contributed by atoms with van der Waals surface area (Å²) in [4.78, 5) is 22.9. The van der Waals surface area contributed by atoms with Gasteiger partial charge in [0.1, 0.15) is 4.34 Å². The number of hydrogen-bond acceptors (Lipinski definition) is 6. The van der Waals surface area contributed by atoms with Crippen molar-refractivity contribution in [1.82, 2.24) is 9.97 Å². The van der Waals surface area contributed by atoms with E-state index in [1.54, 1.807) is 34.9 Å². The number of carbonyl (C=O) groups excluding carboxylic acids is 1. The third-order valence-corrected chi connectivity index (χ3v) is 6.64. The SMILES string of the molecule is CCc1ccc(N(C(C)=O)c2nc(CSc3nc(C)cs3)cs2)cc1. The van der Waals surface area contributed by atoms with Gasteiger partial charge in [-0.1, -0.05) is 30.8 Å². The van der Waals surface area contributed by atoms with Crippen LogP contribution in [-0.2, 0) is 17.0 Å². The molecule has 7 heteroatoms. The van der Waals surface area contributed by atoms with Gasteiger partial charge in [-0.25, -0.2) is 9.97 Å². The van der Waals surface area contributed by atoms with Gasteiger partial charge in [-0.2, -0.15) is 0 Å². The Morgan fingerprint density at radius 2 is 1.92 bits per heavy atom. The fourth-order valence-corrected chi connectivity index (χ4v) is 5.04. The first-order valence-electron chi connectivity index (χ1n) is 7.95. The van der Waals surface area contributed by atoms with Crippen LogP contribution in [0, 0.1) is 6.92 Å². The second kappa shape index (κ2) is 8.12. The molecule has 0 atom stereocenters. The monoisotopic (exact) mass is 389 g/mol. The van der Waals surface area contributed by atoms with E-state index < -0.39 is 0 Å². The van der Waals surface area contributed by atoms with Crippen molar-refractivity contribution in [2.24, 2.45) is 0 Å². The number of rotatable bonds is 6. The molecular formula is C18H19N3OS3. The van der Waals surface area contributed by atoms with E-state index in [9.17, 15) is 4.79 Å². The summed E-state index contributed by atoms with van der Waals surface area (Å²) in [5.74, 6) is 0.720. The van der Waals surface area contributed by atoms with Crippen LogP contribution >= 0.6 is 34.4 Å². The topological polar surface area (TPSA) is 46.1 Å². The largest absolute Gasteiger partial charge is 0.274 e. The zero-order valence-corrected chi connectivity index (χ0v) is 16.8. The first-order valence-corrected chi connectivity index (χ1v) is 10.7. The van der Waals surface area contributed by atoms with Gasteiger partial charge in [-0.15, -0.1) is 22.7 Å². The predicted molar refractivity (Wildman–Crippen MR) is 107 cm³/mol. The van der Waals surface area contributed by atoms with E-state index in [1.807, 2.05) is 29.8 Å². The van der Waals surface area contributed by atoms with Gasteiger partial charge < -0.3 is 0 Å². The van der Waals surface area contributed by atoms with Crippen LogP contribution < -0.4 is 4.90 Å². The maximum Gasteiger partial charge on any atom is 0.230 e. The minimum atomic E-state index is -0.0339. The van der Waals surface area contributed by atoms with E-state index in [2.05, 4.69) is 29.0 Å². The quantitative estimate of drug-likeness (QED) is 0.526. The third-order valence-electron chi connectivity index (χ3n) is 3.59. The number of aryl methyl sites for hydroxylation is 2. The van der Waals surface area contributed by atoms with Crippen LogP contribution in [-0.4, -0.2) is 15.9 Å². The molecule has 0 N–H and O–H groups in total. The normalized spacial score (nSPS) is 10.8. The molecule has 4 nitrogen and oxygen atoms in total. The molecule has 0 aliphatic carbocycles. The van der Waals surface area contributed by atoms with Gasteiger partial charge in [0.15, 0.2) is 5.13 Å². The Morgan fingerprint density at radius 1 is 1.16 bits per heavy atom. The molecule has 0 fully saturated rings. The summed E-state index contributed by atoms with van der Waals surface area (Å²) in [6.45, 7) is 5.68. The van der Waals surface area contributed by atoms with Crippen molar-refractivity contribution in [3.63, 3.8) is 0 Å². The molecule has 2 heterocycles. The average molecular weight is 390 g/mol. The molecule has 0 saturated heterocycles. The van der Waals surface area contributed by atoms with Gasteiger partial charge in [0, 0.05) is 29.1 Å². The van der Waals surface area contributed by atoms with Crippen molar-refractivity contribution < 1.29 is 4.79 Å². The Kier molecular flexibility index (Phi) is 5.88. The number of benzene rings is 1. The standard InChI is InChI=1S/C18H19N3OS3/c1-4-14-5-7-16(8-6-14)21(13(3)22)17-20-15(10-23-17)11-25-18-19-12(2)9-24-18/h5-10H,4,11H2,1-3H3. The van der Waals surface area contributed by atoms with Gasteiger partial charge in [0.2, 0.25) is 5.91 Å². The van der Waals surface area contributed by atoms with Crippen molar-refractivity contribution in [2.75, 3.05) is 4.90 Å². The molecule has 0 aliphatic rings. The Morgan fingerprint density at radius 3 is 2.52 bits per heavy atom. The Hall–Kier alpha value is -1.70. The smallest absolute Gasteiger partial charge is 0.230 e. The maximum absolute atomic E-state index is 12.2. The van der Waals surface area contributed by atoms with Crippen molar-refractivity contribution in [3.8, 4) is 0 Å². The number of anilines is 2. The molecule has 25 heavy (non-hydrogen) atoms. The number of aromatic nitrogens is 2. The highest BCUT2D eigenvalue weighted by Crippen LogP contribution is 2.32. The number of thioether (sulfide) groups is 1. The highest BCUT2D eigenvalue weighted by atomic mass is 32.2. The van der Waals surface area contributed by atoms with E-state index >= 15 is 0 Å². The lowest BCUT2D eigenvalue weighted by Crippen LogP contribution is -2.22. The van der Waals surface area contributed by atoms with Crippen LogP contribution in [0.5, 0.6) is 0 Å². The molecule has 0 bridgehead atoms. The van der Waals surface area contributed by atoms with Crippen molar-refractivity contribution in [3.05, 3.63) is 52.0 Å². The van der Waals surface area contributed by atoms with E-state index in [-0.39, 0.29) is 5.91 Å². The van der Waals surface area contributed by atoms with Gasteiger partial charge in [-0.05, 0) is 31.0 Å². The van der Waals surface area contributed by atoms with Crippen LogP contribution in [0.25, 0.3) is 0 Å². The lowest BCUT2D eigenvalue weighted by atomic mass is 10.1. The molecule has 0 aliphatic heterocycles. The zero-order valence-electron chi connectivity index (χ0n) is 14.4. The molecule has 1 amide bonds. The van der Waals surface area contributed by atoms with Crippen molar-refractivity contribution >= 4 is 51.2 Å². The third kappa shape index (κ3) is 4.48. The Bertz CT molecular complexity index is 855. The Labute approximate surface area is 159 Å². The van der Waals surface area contributed by atoms with Crippen LogP contribution in [0.3, 0.4) is 0 Å². The summed E-state index contributed by atoms with van der Waals surface area (Å²) in [6.07, 6.45) is 0.981. The molecule has 2 aromatic heterocycles. The molecule has 0 unspecified atom stereocenters. The van der Waals surface area contributed by atoms with Gasteiger partial charge in [0.25, 0.3) is 0 Å². The molecule has 1 aromatic carbocycles. The number of nitrogens with zero attached hydrogens (tertiary/aromatic N) is 3. The number of hydrogen-bond donors (Lipinski definition) is 0. The highest BCUT2D eigenvalue weighted by molar-refractivity contribution is 8.00. The van der Waals surface area contributed by atoms with Crippen molar-refractivity contribution in [1.29, 1.82) is 0 Å². The fourth-order valence-electron chi connectivity index (χ4n) is 2.31. The van der Waals surface area contributed by atoms with Crippen LogP contribution in [0.2, 0.25) is 0 Å². The van der Waals surface area contributed by atoms with Crippen LogP contribution in [0.4, 0.5) is 10.8 Å². The zero-order chi connectivity index (χ0) is 17.8. The molecule has 3 rings (SSSR count). The lowest BCUT2D eigenvalue weighted by molar-refractivity contribution is -0.115. The summed E-state index contributed by atoms with van der Waals surface area (Å²) in [5, 5.41) is 4.77. The number of thiazole rings is 2. The Balaban J connectivity index is 1.75. The van der Waals surface area contributed by atoms with E-state index in [0.29, 0.717) is 5.13 Å². The molecule has 130 valence electrons. The van der Waals surface area contributed by atoms with Crippen molar-refractivity contribution in [2.45, 2.75) is 37.3 Å². The summed E-state index contributed by atoms with van der Waals surface area (Å²) in [5.41, 5.74) is 4.12. The molecular weight excluding hydrogens is 370 g/mol. The average Bonchev–Trinajstić information content (AvgIpc) is 3.22. The molecule has 0 spiro atoms. The summed E-state index contributed by atoms with van der Waals surface area (Å²) in [6, 6.07) is 8.07.